The Hall–Kier alpha value is -3.64. The van der Waals surface area contributed by atoms with Gasteiger partial charge in [0.2, 0.25) is 0 Å². The Labute approximate surface area is 199 Å². The first-order chi connectivity index (χ1) is 16.1. The number of para-hydroxylation sites is 1. The smallest absolute Gasteiger partial charge is 0.174 e. The van der Waals surface area contributed by atoms with Crippen molar-refractivity contribution in [3.8, 4) is 11.4 Å². The first-order valence-corrected chi connectivity index (χ1v) is 11.4. The fraction of sp³-hybridized carbons (Fsp3) is 0.185. The van der Waals surface area contributed by atoms with Gasteiger partial charge in [-0.1, -0.05) is 24.3 Å². The quantitative estimate of drug-likeness (QED) is 0.393. The second-order valence-electron chi connectivity index (χ2n) is 8.19. The van der Waals surface area contributed by atoms with Gasteiger partial charge < -0.3 is 19.5 Å². The molecule has 5 nitrogen and oxygen atoms in total. The molecule has 3 heterocycles. The average Bonchev–Trinajstić information content (AvgIpc) is 3.35. The Bertz CT molecular complexity index is 1270. The average molecular weight is 455 g/mol. The number of hydrogen-bond donors (Lipinski definition) is 1. The highest BCUT2D eigenvalue weighted by Gasteiger charge is 2.42. The molecule has 2 aromatic heterocycles. The zero-order chi connectivity index (χ0) is 22.9. The van der Waals surface area contributed by atoms with E-state index in [9.17, 15) is 0 Å². The molecule has 2 unspecified atom stereocenters. The molecule has 2 aromatic carbocycles. The summed E-state index contributed by atoms with van der Waals surface area (Å²) in [5.74, 6) is 0.817. The molecule has 0 radical (unpaired) electrons. The summed E-state index contributed by atoms with van der Waals surface area (Å²) in [6.07, 6.45) is 1.83. The number of pyridine rings is 1. The Balaban J connectivity index is 1.66. The Morgan fingerprint density at radius 1 is 0.909 bits per heavy atom. The van der Waals surface area contributed by atoms with Gasteiger partial charge in [-0.25, -0.2) is 0 Å². The van der Waals surface area contributed by atoms with Gasteiger partial charge >= 0.3 is 0 Å². The summed E-state index contributed by atoms with van der Waals surface area (Å²) in [4.78, 5) is 6.87. The lowest BCUT2D eigenvalue weighted by atomic mass is 9.96. The number of ether oxygens (including phenoxy) is 1. The number of nitrogens with one attached hydrogen (secondary N) is 1. The van der Waals surface area contributed by atoms with Gasteiger partial charge in [-0.05, 0) is 86.2 Å². The summed E-state index contributed by atoms with van der Waals surface area (Å²) in [5, 5.41) is 4.23. The van der Waals surface area contributed by atoms with Crippen molar-refractivity contribution in [2.75, 3.05) is 12.0 Å². The number of rotatable bonds is 5. The van der Waals surface area contributed by atoms with Crippen LogP contribution < -0.4 is 15.0 Å². The zero-order valence-electron chi connectivity index (χ0n) is 18.9. The zero-order valence-corrected chi connectivity index (χ0v) is 19.7. The molecule has 2 atom stereocenters. The molecule has 1 aliphatic rings. The monoisotopic (exact) mass is 454 g/mol. The molecule has 0 saturated carbocycles. The SMILES string of the molecule is COc1ccc(N2C(=S)NC(c3ccccn3)C2c2cc(C)n(-c3ccccc3)c2C)cc1. The first-order valence-electron chi connectivity index (χ1n) is 11.0. The van der Waals surface area contributed by atoms with Crippen molar-refractivity contribution < 1.29 is 4.74 Å². The first kappa shape index (κ1) is 21.2. The molecular weight excluding hydrogens is 428 g/mol. The minimum Gasteiger partial charge on any atom is -0.497 e. The Kier molecular flexibility index (Phi) is 5.60. The van der Waals surface area contributed by atoms with Crippen molar-refractivity contribution in [2.24, 2.45) is 0 Å². The molecule has 33 heavy (non-hydrogen) atoms. The number of benzene rings is 2. The molecule has 0 amide bonds. The number of thiocarbonyl (C=S) groups is 1. The molecule has 1 saturated heterocycles. The van der Waals surface area contributed by atoms with Crippen LogP contribution in [0.3, 0.4) is 0 Å². The fourth-order valence-electron chi connectivity index (χ4n) is 4.75. The number of nitrogens with zero attached hydrogens (tertiary/aromatic N) is 3. The topological polar surface area (TPSA) is 42.3 Å². The minimum absolute atomic E-state index is 0.0514. The van der Waals surface area contributed by atoms with E-state index in [0.717, 1.165) is 22.8 Å². The van der Waals surface area contributed by atoms with Crippen molar-refractivity contribution in [1.29, 1.82) is 0 Å². The summed E-state index contributed by atoms with van der Waals surface area (Å²) < 4.78 is 7.67. The predicted octanol–water partition coefficient (Wildman–Crippen LogP) is 5.67. The van der Waals surface area contributed by atoms with Gasteiger partial charge in [0.15, 0.2) is 5.11 Å². The van der Waals surface area contributed by atoms with Crippen LogP contribution in [0.4, 0.5) is 5.69 Å². The van der Waals surface area contributed by atoms with Crippen molar-refractivity contribution in [2.45, 2.75) is 25.9 Å². The summed E-state index contributed by atoms with van der Waals surface area (Å²) in [6, 6.07) is 26.7. The van der Waals surface area contributed by atoms with Crippen LogP contribution in [0, 0.1) is 13.8 Å². The summed E-state index contributed by atoms with van der Waals surface area (Å²) in [6.45, 7) is 4.33. The number of aryl methyl sites for hydroxylation is 1. The van der Waals surface area contributed by atoms with E-state index in [4.69, 9.17) is 17.0 Å². The van der Waals surface area contributed by atoms with Crippen LogP contribution in [-0.4, -0.2) is 21.8 Å². The third-order valence-corrected chi connectivity index (χ3v) is 6.57. The van der Waals surface area contributed by atoms with E-state index < -0.39 is 0 Å². The molecule has 5 rings (SSSR count). The van der Waals surface area contributed by atoms with Crippen molar-refractivity contribution >= 4 is 23.0 Å². The number of methoxy groups -OCH3 is 1. The van der Waals surface area contributed by atoms with Crippen LogP contribution in [0.1, 0.15) is 34.7 Å². The fourth-order valence-corrected chi connectivity index (χ4v) is 5.10. The number of aromatic nitrogens is 2. The molecule has 0 bridgehead atoms. The second-order valence-corrected chi connectivity index (χ2v) is 8.58. The summed E-state index contributed by atoms with van der Waals surface area (Å²) in [7, 11) is 1.68. The van der Waals surface area contributed by atoms with Crippen LogP contribution in [0.2, 0.25) is 0 Å². The van der Waals surface area contributed by atoms with Gasteiger partial charge in [0.25, 0.3) is 0 Å². The second kappa shape index (κ2) is 8.71. The normalized spacial score (nSPS) is 17.8. The Morgan fingerprint density at radius 2 is 1.64 bits per heavy atom. The molecule has 0 aliphatic carbocycles. The van der Waals surface area contributed by atoms with Gasteiger partial charge in [-0.2, -0.15) is 0 Å². The van der Waals surface area contributed by atoms with Gasteiger partial charge in [0.05, 0.1) is 24.9 Å². The van der Waals surface area contributed by atoms with Crippen molar-refractivity contribution in [3.63, 3.8) is 0 Å². The van der Waals surface area contributed by atoms with Crippen molar-refractivity contribution in [3.05, 3.63) is 108 Å². The molecule has 1 N–H and O–H groups in total. The van der Waals surface area contributed by atoms with E-state index in [1.807, 2.05) is 36.5 Å². The molecule has 166 valence electrons. The van der Waals surface area contributed by atoms with Crippen LogP contribution in [-0.2, 0) is 0 Å². The van der Waals surface area contributed by atoms with Crippen LogP contribution in [0.5, 0.6) is 5.75 Å². The highest BCUT2D eigenvalue weighted by atomic mass is 32.1. The lowest BCUT2D eigenvalue weighted by Crippen LogP contribution is -2.29. The largest absolute Gasteiger partial charge is 0.497 e. The summed E-state index contributed by atoms with van der Waals surface area (Å²) in [5.41, 5.74) is 6.72. The lowest BCUT2D eigenvalue weighted by molar-refractivity contribution is 0.415. The van der Waals surface area contributed by atoms with E-state index in [1.54, 1.807) is 7.11 Å². The molecule has 6 heteroatoms. The lowest BCUT2D eigenvalue weighted by Gasteiger charge is -2.28. The third-order valence-electron chi connectivity index (χ3n) is 6.25. The highest BCUT2D eigenvalue weighted by molar-refractivity contribution is 7.80. The maximum absolute atomic E-state index is 5.86. The highest BCUT2D eigenvalue weighted by Crippen LogP contribution is 2.43. The van der Waals surface area contributed by atoms with E-state index >= 15 is 0 Å². The summed E-state index contributed by atoms with van der Waals surface area (Å²) >= 11 is 5.86. The maximum Gasteiger partial charge on any atom is 0.174 e. The van der Waals surface area contributed by atoms with E-state index in [0.29, 0.717) is 5.11 Å². The molecular formula is C27H26N4OS. The molecule has 1 aliphatic heterocycles. The van der Waals surface area contributed by atoms with Crippen LogP contribution in [0.25, 0.3) is 5.69 Å². The van der Waals surface area contributed by atoms with E-state index in [1.165, 1.54) is 17.0 Å². The van der Waals surface area contributed by atoms with Gasteiger partial charge in [0.1, 0.15) is 5.75 Å². The standard InChI is InChI=1S/C27H26N4OS/c1-18-17-23(19(2)30(18)20-9-5-4-6-10-20)26-25(24-11-7-8-16-28-24)29-27(33)31(26)21-12-14-22(32-3)15-13-21/h4-17,25-26H,1-3H3,(H,29,33). The third kappa shape index (κ3) is 3.76. The van der Waals surface area contributed by atoms with E-state index in [-0.39, 0.29) is 12.1 Å². The van der Waals surface area contributed by atoms with Gasteiger partial charge in [0, 0.05) is 29.0 Å². The minimum atomic E-state index is -0.0782. The number of hydrogen-bond acceptors (Lipinski definition) is 3. The molecule has 1 fully saturated rings. The Morgan fingerprint density at radius 3 is 2.30 bits per heavy atom. The van der Waals surface area contributed by atoms with E-state index in [2.05, 4.69) is 82.1 Å². The van der Waals surface area contributed by atoms with Gasteiger partial charge in [-0.3, -0.25) is 4.98 Å². The number of anilines is 1. The van der Waals surface area contributed by atoms with Crippen molar-refractivity contribution in [1.82, 2.24) is 14.9 Å². The van der Waals surface area contributed by atoms with Gasteiger partial charge in [-0.15, -0.1) is 0 Å². The maximum atomic E-state index is 5.86. The van der Waals surface area contributed by atoms with Crippen LogP contribution >= 0.6 is 12.2 Å². The molecule has 0 spiro atoms. The predicted molar refractivity (Wildman–Crippen MR) is 136 cm³/mol. The molecule has 4 aromatic rings. The van der Waals surface area contributed by atoms with Crippen LogP contribution in [0.15, 0.2) is 85.1 Å².